The summed E-state index contributed by atoms with van der Waals surface area (Å²) in [6.07, 6.45) is 2.21. The van der Waals surface area contributed by atoms with Crippen molar-refractivity contribution in [3.63, 3.8) is 0 Å². The highest BCUT2D eigenvalue weighted by Crippen LogP contribution is 2.24. The topological polar surface area (TPSA) is 12.0 Å². The molecule has 0 aliphatic carbocycles. The maximum atomic E-state index is 13.4. The molecular formula is C12H14FN. The van der Waals surface area contributed by atoms with E-state index in [1.165, 1.54) is 6.07 Å². The average molecular weight is 191 g/mol. The third-order valence-corrected chi connectivity index (χ3v) is 2.70. The highest BCUT2D eigenvalue weighted by molar-refractivity contribution is 5.68. The first-order valence-electron chi connectivity index (χ1n) is 4.96. The van der Waals surface area contributed by atoms with Gasteiger partial charge in [-0.15, -0.1) is 0 Å². The lowest BCUT2D eigenvalue weighted by Crippen LogP contribution is -2.22. The molecule has 1 nitrogen and oxygen atoms in total. The first kappa shape index (κ1) is 9.41. The predicted molar refractivity (Wildman–Crippen MR) is 56.5 cm³/mol. The summed E-state index contributed by atoms with van der Waals surface area (Å²) in [5.41, 5.74) is 1.52. The number of benzene rings is 1. The lowest BCUT2D eigenvalue weighted by Gasteiger charge is -2.14. The van der Waals surface area contributed by atoms with E-state index >= 15 is 0 Å². The average Bonchev–Trinajstić information content (AvgIpc) is 2.70. The summed E-state index contributed by atoms with van der Waals surface area (Å²) in [6, 6.07) is 7.08. The van der Waals surface area contributed by atoms with Crippen molar-refractivity contribution in [1.82, 2.24) is 5.32 Å². The van der Waals surface area contributed by atoms with Gasteiger partial charge in [0.15, 0.2) is 0 Å². The Bertz CT molecular complexity index is 340. The van der Waals surface area contributed by atoms with Crippen LogP contribution in [-0.2, 0) is 0 Å². The summed E-state index contributed by atoms with van der Waals surface area (Å²) in [6.45, 7) is 4.98. The van der Waals surface area contributed by atoms with Crippen LogP contribution in [0.25, 0.3) is 5.57 Å². The highest BCUT2D eigenvalue weighted by atomic mass is 19.1. The van der Waals surface area contributed by atoms with E-state index in [0.29, 0.717) is 5.56 Å². The van der Waals surface area contributed by atoms with Gasteiger partial charge in [0.1, 0.15) is 5.82 Å². The van der Waals surface area contributed by atoms with Gasteiger partial charge in [-0.3, -0.25) is 0 Å². The maximum Gasteiger partial charge on any atom is 0.130 e. The summed E-state index contributed by atoms with van der Waals surface area (Å²) in [7, 11) is 0. The first-order chi connectivity index (χ1) is 6.79. The van der Waals surface area contributed by atoms with Gasteiger partial charge in [-0.2, -0.15) is 0 Å². The van der Waals surface area contributed by atoms with Crippen LogP contribution in [0.3, 0.4) is 0 Å². The number of nitrogens with one attached hydrogen (secondary N) is 1. The van der Waals surface area contributed by atoms with Crippen molar-refractivity contribution >= 4 is 5.57 Å². The Morgan fingerprint density at radius 2 is 2.21 bits per heavy atom. The normalized spacial score (nSPS) is 21.1. The summed E-state index contributed by atoms with van der Waals surface area (Å²) in [5.74, 6) is -0.175. The van der Waals surface area contributed by atoms with Crippen molar-refractivity contribution in [2.45, 2.75) is 18.9 Å². The van der Waals surface area contributed by atoms with Gasteiger partial charge < -0.3 is 5.32 Å². The monoisotopic (exact) mass is 191 g/mol. The predicted octanol–water partition coefficient (Wildman–Crippen LogP) is 2.59. The fraction of sp³-hybridized carbons (Fsp3) is 0.333. The third kappa shape index (κ3) is 1.70. The Labute approximate surface area is 83.6 Å². The van der Waals surface area contributed by atoms with E-state index in [9.17, 15) is 4.39 Å². The Kier molecular flexibility index (Phi) is 2.64. The quantitative estimate of drug-likeness (QED) is 0.757. The minimum absolute atomic E-state index is 0.175. The van der Waals surface area contributed by atoms with Crippen molar-refractivity contribution in [2.75, 3.05) is 6.54 Å². The van der Waals surface area contributed by atoms with Crippen LogP contribution < -0.4 is 5.32 Å². The van der Waals surface area contributed by atoms with Crippen LogP contribution in [0.1, 0.15) is 18.4 Å². The number of rotatable bonds is 2. The van der Waals surface area contributed by atoms with Crippen LogP contribution in [0.2, 0.25) is 0 Å². The summed E-state index contributed by atoms with van der Waals surface area (Å²) in [4.78, 5) is 0. The second-order valence-corrected chi connectivity index (χ2v) is 3.65. The summed E-state index contributed by atoms with van der Waals surface area (Å²) < 4.78 is 13.4. The molecule has 74 valence electrons. The highest BCUT2D eigenvalue weighted by Gasteiger charge is 2.19. The minimum atomic E-state index is -0.175. The second-order valence-electron chi connectivity index (χ2n) is 3.65. The molecule has 1 heterocycles. The van der Waals surface area contributed by atoms with Crippen LogP contribution >= 0.6 is 0 Å². The van der Waals surface area contributed by atoms with Crippen molar-refractivity contribution < 1.29 is 4.39 Å². The van der Waals surface area contributed by atoms with Gasteiger partial charge in [0, 0.05) is 11.6 Å². The molecule has 0 amide bonds. The molecule has 1 aliphatic heterocycles. The molecule has 0 bridgehead atoms. The first-order valence-corrected chi connectivity index (χ1v) is 4.96. The molecular weight excluding hydrogens is 177 g/mol. The molecule has 2 heteroatoms. The summed E-state index contributed by atoms with van der Waals surface area (Å²) in [5, 5.41) is 3.32. The molecule has 1 aliphatic rings. The van der Waals surface area contributed by atoms with Gasteiger partial charge in [0.05, 0.1) is 0 Å². The number of hydrogen-bond donors (Lipinski definition) is 1. The van der Waals surface area contributed by atoms with Crippen LogP contribution in [0.4, 0.5) is 4.39 Å². The molecule has 14 heavy (non-hydrogen) atoms. The molecule has 0 spiro atoms. The largest absolute Gasteiger partial charge is 0.310 e. The van der Waals surface area contributed by atoms with E-state index in [-0.39, 0.29) is 11.9 Å². The van der Waals surface area contributed by atoms with Crippen LogP contribution in [0, 0.1) is 5.82 Å². The summed E-state index contributed by atoms with van der Waals surface area (Å²) >= 11 is 0. The number of hydrogen-bond acceptors (Lipinski definition) is 1. The Morgan fingerprint density at radius 3 is 2.86 bits per heavy atom. The molecule has 0 saturated carbocycles. The molecule has 1 aromatic carbocycles. The van der Waals surface area contributed by atoms with E-state index in [1.807, 2.05) is 6.07 Å². The third-order valence-electron chi connectivity index (χ3n) is 2.70. The Balaban J connectivity index is 2.22. The molecule has 1 aromatic rings. The molecule has 1 N–H and O–H groups in total. The smallest absolute Gasteiger partial charge is 0.130 e. The van der Waals surface area contributed by atoms with E-state index in [1.54, 1.807) is 12.1 Å². The van der Waals surface area contributed by atoms with Gasteiger partial charge in [-0.25, -0.2) is 4.39 Å². The fourth-order valence-corrected chi connectivity index (χ4v) is 1.89. The molecule has 0 aromatic heterocycles. The van der Waals surface area contributed by atoms with Gasteiger partial charge in [-0.1, -0.05) is 24.8 Å². The fourth-order valence-electron chi connectivity index (χ4n) is 1.89. The lowest BCUT2D eigenvalue weighted by atomic mass is 9.99. The zero-order chi connectivity index (χ0) is 9.97. The van der Waals surface area contributed by atoms with E-state index in [2.05, 4.69) is 11.9 Å². The van der Waals surface area contributed by atoms with E-state index in [4.69, 9.17) is 0 Å². The van der Waals surface area contributed by atoms with Crippen LogP contribution in [-0.4, -0.2) is 12.6 Å². The lowest BCUT2D eigenvalue weighted by molar-refractivity contribution is 0.619. The van der Waals surface area contributed by atoms with E-state index in [0.717, 1.165) is 25.0 Å². The Morgan fingerprint density at radius 1 is 1.43 bits per heavy atom. The van der Waals surface area contributed by atoms with Crippen molar-refractivity contribution in [3.05, 3.63) is 42.2 Å². The SMILES string of the molecule is C=C(c1ccccc1F)C1CCCN1. The zero-order valence-electron chi connectivity index (χ0n) is 8.09. The van der Waals surface area contributed by atoms with Gasteiger partial charge in [-0.05, 0) is 31.0 Å². The molecule has 1 saturated heterocycles. The molecule has 1 unspecified atom stereocenters. The molecule has 2 rings (SSSR count). The van der Waals surface area contributed by atoms with Crippen molar-refractivity contribution in [3.8, 4) is 0 Å². The van der Waals surface area contributed by atoms with Gasteiger partial charge >= 0.3 is 0 Å². The van der Waals surface area contributed by atoms with Crippen molar-refractivity contribution in [1.29, 1.82) is 0 Å². The van der Waals surface area contributed by atoms with Gasteiger partial charge in [0.2, 0.25) is 0 Å². The standard InChI is InChI=1S/C12H14FN/c1-9(12-7-4-8-14-12)10-5-2-3-6-11(10)13/h2-3,5-6,12,14H,1,4,7-8H2. The van der Waals surface area contributed by atoms with E-state index < -0.39 is 0 Å². The van der Waals surface area contributed by atoms with Crippen LogP contribution in [0.5, 0.6) is 0 Å². The Hall–Kier alpha value is -1.15. The molecule has 1 atom stereocenters. The minimum Gasteiger partial charge on any atom is -0.310 e. The van der Waals surface area contributed by atoms with Gasteiger partial charge in [0.25, 0.3) is 0 Å². The molecule has 1 fully saturated rings. The second kappa shape index (κ2) is 3.93. The van der Waals surface area contributed by atoms with Crippen LogP contribution in [0.15, 0.2) is 30.8 Å². The molecule has 0 radical (unpaired) electrons. The van der Waals surface area contributed by atoms with Crippen molar-refractivity contribution in [2.24, 2.45) is 0 Å². The number of halogens is 1. The zero-order valence-corrected chi connectivity index (χ0v) is 8.09. The maximum absolute atomic E-state index is 13.4.